The van der Waals surface area contributed by atoms with Crippen molar-refractivity contribution in [3.8, 4) is 28.7 Å². The number of carbonyl (C=O) groups excluding carboxylic acids is 1. The Kier molecular flexibility index (Phi) is 8.34. The van der Waals surface area contributed by atoms with Gasteiger partial charge in [0.2, 0.25) is 0 Å². The minimum Gasteiger partial charge on any atom is -0.493 e. The molecule has 39 heavy (non-hydrogen) atoms. The molecule has 1 aromatic carbocycles. The maximum Gasteiger partial charge on any atom is 0.522 e. The van der Waals surface area contributed by atoms with Gasteiger partial charge in [-0.25, -0.2) is 4.98 Å². The zero-order valence-electron chi connectivity index (χ0n) is 21.1. The number of rotatable bonds is 11. The molecule has 1 amide bonds. The average Bonchev–Trinajstić information content (AvgIpc) is 3.31. The number of methoxy groups -OCH3 is 2. The van der Waals surface area contributed by atoms with Gasteiger partial charge in [0.05, 0.1) is 51.9 Å². The molecule has 3 aromatic heterocycles. The third-order valence-corrected chi connectivity index (χ3v) is 5.24. The molecule has 4 rings (SSSR count). The number of hydrogen-bond acceptors (Lipinski definition) is 9. The van der Waals surface area contributed by atoms with Crippen LogP contribution in [-0.2, 0) is 11.3 Å². The second kappa shape index (κ2) is 11.9. The zero-order valence-corrected chi connectivity index (χ0v) is 21.1. The first kappa shape index (κ1) is 27.4. The van der Waals surface area contributed by atoms with Gasteiger partial charge < -0.3 is 24.3 Å². The van der Waals surface area contributed by atoms with Crippen LogP contribution in [0.15, 0.2) is 48.9 Å². The van der Waals surface area contributed by atoms with Crippen LogP contribution in [0.4, 0.5) is 19.0 Å². The van der Waals surface area contributed by atoms with E-state index in [4.69, 9.17) is 18.9 Å². The maximum absolute atomic E-state index is 12.8. The molecule has 0 fully saturated rings. The van der Waals surface area contributed by atoms with Gasteiger partial charge in [-0.05, 0) is 31.2 Å². The predicted molar refractivity (Wildman–Crippen MR) is 133 cm³/mol. The number of ether oxygens (including phenoxy) is 5. The summed E-state index contributed by atoms with van der Waals surface area (Å²) in [5, 5.41) is 7.30. The first-order chi connectivity index (χ1) is 18.7. The number of carbonyl (C=O) groups is 1. The highest BCUT2D eigenvalue weighted by molar-refractivity contribution is 6.04. The van der Waals surface area contributed by atoms with Crippen LogP contribution in [0, 0.1) is 0 Å². The number of pyridine rings is 2. The molecule has 0 atom stereocenters. The fourth-order valence-corrected chi connectivity index (χ4v) is 3.54. The number of nitrogens with zero attached hydrogens (tertiary/aromatic N) is 4. The molecule has 0 unspecified atom stereocenters. The highest BCUT2D eigenvalue weighted by atomic mass is 19.4. The van der Waals surface area contributed by atoms with Gasteiger partial charge in [-0.15, -0.1) is 13.2 Å². The Bertz CT molecular complexity index is 1440. The van der Waals surface area contributed by atoms with Crippen molar-refractivity contribution in [2.24, 2.45) is 0 Å². The zero-order chi connectivity index (χ0) is 28.0. The molecule has 0 spiro atoms. The van der Waals surface area contributed by atoms with Crippen LogP contribution in [0.25, 0.3) is 10.9 Å². The van der Waals surface area contributed by atoms with Gasteiger partial charge in [0.15, 0.2) is 22.9 Å². The summed E-state index contributed by atoms with van der Waals surface area (Å²) in [6.45, 7) is 1.01. The largest absolute Gasteiger partial charge is 0.522 e. The molecule has 1 N–H and O–H groups in total. The lowest BCUT2D eigenvalue weighted by atomic mass is 10.2. The number of halogens is 3. The lowest BCUT2D eigenvalue weighted by molar-refractivity contribution is -0.325. The van der Waals surface area contributed by atoms with E-state index in [0.717, 1.165) is 4.68 Å². The highest BCUT2D eigenvalue weighted by Gasteiger charge is 2.29. The predicted octanol–water partition coefficient (Wildman–Crippen LogP) is 4.82. The summed E-state index contributed by atoms with van der Waals surface area (Å²) < 4.78 is 63.7. The van der Waals surface area contributed by atoms with Crippen molar-refractivity contribution in [2.45, 2.75) is 19.8 Å². The van der Waals surface area contributed by atoms with Gasteiger partial charge in [0.25, 0.3) is 5.91 Å². The molecular weight excluding hydrogens is 523 g/mol. The fraction of sp³-hybridized carbons (Fsp3) is 0.280. The molecule has 14 heteroatoms. The van der Waals surface area contributed by atoms with Crippen LogP contribution in [0.2, 0.25) is 0 Å². The summed E-state index contributed by atoms with van der Waals surface area (Å²) in [5.41, 5.74) is 0.523. The van der Waals surface area contributed by atoms with E-state index in [0.29, 0.717) is 33.9 Å². The van der Waals surface area contributed by atoms with Crippen molar-refractivity contribution in [2.75, 3.05) is 32.8 Å². The minimum atomic E-state index is -4.76. The summed E-state index contributed by atoms with van der Waals surface area (Å²) in [7, 11) is 3.06. The molecule has 11 nitrogen and oxygen atoms in total. The summed E-state index contributed by atoms with van der Waals surface area (Å²) in [5.74, 6) is 1.58. The Morgan fingerprint density at radius 3 is 2.46 bits per heavy atom. The van der Waals surface area contributed by atoms with Crippen LogP contribution in [-0.4, -0.2) is 59.5 Å². The SMILES string of the molecule is CCOc1cn(CCOC(F)(F)F)nc1C(=O)Nc1ccc(Oc2ccnc3cc(OC)c(OC)cc23)cn1. The summed E-state index contributed by atoms with van der Waals surface area (Å²) in [4.78, 5) is 21.4. The van der Waals surface area contributed by atoms with Gasteiger partial charge >= 0.3 is 6.36 Å². The second-order valence-electron chi connectivity index (χ2n) is 7.80. The quantitative estimate of drug-likeness (QED) is 0.282. The number of aromatic nitrogens is 4. The molecule has 0 aliphatic heterocycles. The van der Waals surface area contributed by atoms with Gasteiger partial charge in [0, 0.05) is 17.6 Å². The first-order valence-electron chi connectivity index (χ1n) is 11.6. The van der Waals surface area contributed by atoms with Gasteiger partial charge in [0.1, 0.15) is 17.3 Å². The van der Waals surface area contributed by atoms with Crippen molar-refractivity contribution in [3.05, 3.63) is 54.6 Å². The molecule has 4 aromatic rings. The number of alkyl halides is 3. The van der Waals surface area contributed by atoms with E-state index in [1.807, 2.05) is 0 Å². The summed E-state index contributed by atoms with van der Waals surface area (Å²) in [6.07, 6.45) is -0.427. The first-order valence-corrected chi connectivity index (χ1v) is 11.6. The van der Waals surface area contributed by atoms with Crippen LogP contribution < -0.4 is 24.3 Å². The number of benzene rings is 1. The van der Waals surface area contributed by atoms with E-state index in [1.54, 1.807) is 37.4 Å². The number of anilines is 1. The van der Waals surface area contributed by atoms with Crippen LogP contribution in [0.5, 0.6) is 28.7 Å². The number of amides is 1. The third-order valence-electron chi connectivity index (χ3n) is 5.24. The third kappa shape index (κ3) is 6.84. The Morgan fingerprint density at radius 1 is 1.03 bits per heavy atom. The van der Waals surface area contributed by atoms with Crippen molar-refractivity contribution in [1.29, 1.82) is 0 Å². The summed E-state index contributed by atoms with van der Waals surface area (Å²) in [6, 6.07) is 8.30. The molecular formula is C25H24F3N5O6. The Balaban J connectivity index is 1.46. The highest BCUT2D eigenvalue weighted by Crippen LogP contribution is 2.36. The van der Waals surface area contributed by atoms with E-state index in [-0.39, 0.29) is 30.4 Å². The van der Waals surface area contributed by atoms with Crippen LogP contribution in [0.1, 0.15) is 17.4 Å². The molecule has 206 valence electrons. The molecule has 0 aliphatic rings. The number of fused-ring (bicyclic) bond motifs is 1. The average molecular weight is 547 g/mol. The monoisotopic (exact) mass is 547 g/mol. The van der Waals surface area contributed by atoms with E-state index in [1.165, 1.54) is 32.7 Å². The molecule has 0 bridgehead atoms. The van der Waals surface area contributed by atoms with Crippen molar-refractivity contribution in [3.63, 3.8) is 0 Å². The van der Waals surface area contributed by atoms with E-state index < -0.39 is 18.9 Å². The molecule has 0 saturated heterocycles. The number of hydrogen-bond donors (Lipinski definition) is 1. The smallest absolute Gasteiger partial charge is 0.493 e. The van der Waals surface area contributed by atoms with E-state index in [2.05, 4.69) is 25.1 Å². The second-order valence-corrected chi connectivity index (χ2v) is 7.80. The lowest BCUT2D eigenvalue weighted by Crippen LogP contribution is -2.18. The van der Waals surface area contributed by atoms with E-state index >= 15 is 0 Å². The molecule has 3 heterocycles. The van der Waals surface area contributed by atoms with Gasteiger partial charge in [-0.1, -0.05) is 0 Å². The van der Waals surface area contributed by atoms with Crippen molar-refractivity contribution >= 4 is 22.6 Å². The lowest BCUT2D eigenvalue weighted by Gasteiger charge is -2.12. The number of nitrogens with one attached hydrogen (secondary N) is 1. The molecule has 0 aliphatic carbocycles. The van der Waals surface area contributed by atoms with Crippen molar-refractivity contribution in [1.82, 2.24) is 19.7 Å². The van der Waals surface area contributed by atoms with Crippen molar-refractivity contribution < 1.29 is 41.7 Å². The molecule has 0 saturated carbocycles. The maximum atomic E-state index is 12.8. The van der Waals surface area contributed by atoms with Crippen LogP contribution in [0.3, 0.4) is 0 Å². The summed E-state index contributed by atoms with van der Waals surface area (Å²) >= 11 is 0. The van der Waals surface area contributed by atoms with E-state index in [9.17, 15) is 18.0 Å². The Morgan fingerprint density at radius 2 is 1.79 bits per heavy atom. The van der Waals surface area contributed by atoms with Crippen LogP contribution >= 0.6 is 0 Å². The Hall–Kier alpha value is -4.59. The topological polar surface area (TPSA) is 119 Å². The minimum absolute atomic E-state index is 0.110. The normalized spacial score (nSPS) is 11.3. The Labute approximate surface area is 220 Å². The van der Waals surface area contributed by atoms with Gasteiger partial charge in [-0.2, -0.15) is 5.10 Å². The fourth-order valence-electron chi connectivity index (χ4n) is 3.54. The standard InChI is InChI=1S/C25H24F3N5O6/c1-4-37-21-14-33(9-10-38-25(26,27)28)32-23(21)24(34)31-22-6-5-15(13-30-22)39-18-7-8-29-17-12-20(36-3)19(35-2)11-16(17)18/h5-8,11-14H,4,9-10H2,1-3H3,(H,30,31,34). The van der Waals surface area contributed by atoms with Gasteiger partial charge in [-0.3, -0.25) is 19.2 Å². The molecule has 0 radical (unpaired) electrons.